The van der Waals surface area contributed by atoms with Crippen LogP contribution < -0.4 is 9.47 Å². The number of hydrogen-bond donors (Lipinski definition) is 1. The van der Waals surface area contributed by atoms with E-state index in [1.165, 1.54) is 6.07 Å². The molecule has 0 saturated heterocycles. The number of halogens is 2. The van der Waals surface area contributed by atoms with Crippen LogP contribution in [0.3, 0.4) is 0 Å². The highest BCUT2D eigenvalue weighted by Gasteiger charge is 2.33. The second-order valence-corrected chi connectivity index (χ2v) is 5.18. The summed E-state index contributed by atoms with van der Waals surface area (Å²) in [7, 11) is 0. The van der Waals surface area contributed by atoms with Crippen LogP contribution in [0.1, 0.15) is 19.4 Å². The summed E-state index contributed by atoms with van der Waals surface area (Å²) in [5.41, 5.74) is -0.372. The minimum Gasteiger partial charge on any atom is -0.454 e. The molecule has 3 nitrogen and oxygen atoms in total. The quantitative estimate of drug-likeness (QED) is 0.910. The monoisotopic (exact) mass is 290 g/mol. The Morgan fingerprint density at radius 2 is 2.19 bits per heavy atom. The molecule has 1 aromatic rings. The summed E-state index contributed by atoms with van der Waals surface area (Å²) >= 11 is 3.13. The second-order valence-electron chi connectivity index (χ2n) is 4.32. The zero-order chi connectivity index (χ0) is 11.9. The molecule has 0 radical (unpaired) electrons. The molecular weight excluding hydrogens is 279 g/mol. The first-order valence-corrected chi connectivity index (χ1v) is 5.65. The third kappa shape index (κ3) is 1.68. The first kappa shape index (κ1) is 11.7. The highest BCUT2D eigenvalue weighted by Crippen LogP contribution is 2.45. The van der Waals surface area contributed by atoms with Gasteiger partial charge in [0.15, 0.2) is 11.5 Å². The highest BCUT2D eigenvalue weighted by atomic mass is 79.9. The van der Waals surface area contributed by atoms with Crippen molar-refractivity contribution < 1.29 is 19.0 Å². The number of benzene rings is 1. The lowest BCUT2D eigenvalue weighted by Crippen LogP contribution is -2.24. The van der Waals surface area contributed by atoms with Crippen LogP contribution in [0.5, 0.6) is 11.5 Å². The minimum atomic E-state index is -0.717. The van der Waals surface area contributed by atoms with Gasteiger partial charge in [-0.1, -0.05) is 13.8 Å². The van der Waals surface area contributed by atoms with Gasteiger partial charge < -0.3 is 14.6 Å². The van der Waals surface area contributed by atoms with Crippen molar-refractivity contribution in [3.63, 3.8) is 0 Å². The van der Waals surface area contributed by atoms with E-state index in [9.17, 15) is 9.50 Å². The lowest BCUT2D eigenvalue weighted by molar-refractivity contribution is 0.168. The molecule has 1 aliphatic heterocycles. The Kier molecular flexibility index (Phi) is 2.84. The Balaban J connectivity index is 2.68. The highest BCUT2D eigenvalue weighted by molar-refractivity contribution is 9.10. The van der Waals surface area contributed by atoms with Gasteiger partial charge in [0.25, 0.3) is 0 Å². The van der Waals surface area contributed by atoms with Crippen LogP contribution in [0.4, 0.5) is 4.39 Å². The number of aliphatic hydroxyl groups excluding tert-OH is 1. The molecule has 0 bridgehead atoms. The fourth-order valence-electron chi connectivity index (χ4n) is 1.67. The van der Waals surface area contributed by atoms with Crippen LogP contribution in [0.2, 0.25) is 0 Å². The largest absolute Gasteiger partial charge is 0.454 e. The molecule has 1 aromatic carbocycles. The maximum atomic E-state index is 14.0. The number of hydrogen-bond acceptors (Lipinski definition) is 3. The predicted octanol–water partition coefficient (Wildman–Crippen LogP) is 2.59. The van der Waals surface area contributed by atoms with Gasteiger partial charge in [-0.05, 0) is 15.9 Å². The molecular formula is C11H12BrFO3. The molecule has 5 heteroatoms. The van der Waals surface area contributed by atoms with Crippen molar-refractivity contribution in [1.82, 2.24) is 0 Å². The smallest absolute Gasteiger partial charge is 0.231 e. The summed E-state index contributed by atoms with van der Waals surface area (Å²) in [6.07, 6.45) is 0. The number of rotatable bonds is 2. The second kappa shape index (κ2) is 3.89. The average molecular weight is 291 g/mol. The van der Waals surface area contributed by atoms with Crippen molar-refractivity contribution in [2.24, 2.45) is 0 Å². The normalized spacial score (nSPS) is 14.3. The minimum absolute atomic E-state index is 0.0831. The van der Waals surface area contributed by atoms with E-state index in [1.807, 2.05) is 0 Å². The Hall–Kier alpha value is -0.810. The molecule has 88 valence electrons. The van der Waals surface area contributed by atoms with E-state index in [2.05, 4.69) is 15.9 Å². The number of ether oxygens (including phenoxy) is 2. The van der Waals surface area contributed by atoms with Gasteiger partial charge in [-0.2, -0.15) is 0 Å². The van der Waals surface area contributed by atoms with E-state index >= 15 is 0 Å². The molecule has 0 aromatic heterocycles. The standard InChI is InChI=1S/C11H12BrFO3/c1-11(2,4-14)8-9(13)6(12)3-7-10(8)16-5-15-7/h3,14H,4-5H2,1-2H3. The van der Waals surface area contributed by atoms with Gasteiger partial charge in [0.05, 0.1) is 11.1 Å². The lowest BCUT2D eigenvalue weighted by atomic mass is 9.84. The Morgan fingerprint density at radius 3 is 2.81 bits per heavy atom. The topological polar surface area (TPSA) is 38.7 Å². The fraction of sp³-hybridized carbons (Fsp3) is 0.455. The SMILES string of the molecule is CC(C)(CO)c1c(F)c(Br)cc2c1OCO2. The first-order valence-electron chi connectivity index (χ1n) is 4.86. The molecule has 2 rings (SSSR count). The van der Waals surface area contributed by atoms with Crippen molar-refractivity contribution in [3.8, 4) is 11.5 Å². The van der Waals surface area contributed by atoms with Gasteiger partial charge in [-0.25, -0.2) is 4.39 Å². The van der Waals surface area contributed by atoms with Crippen LogP contribution in [0.15, 0.2) is 10.5 Å². The van der Waals surface area contributed by atoms with Crippen LogP contribution in [-0.4, -0.2) is 18.5 Å². The van der Waals surface area contributed by atoms with Gasteiger partial charge >= 0.3 is 0 Å². The van der Waals surface area contributed by atoms with Crippen molar-refractivity contribution in [1.29, 1.82) is 0 Å². The molecule has 16 heavy (non-hydrogen) atoms. The summed E-state index contributed by atoms with van der Waals surface area (Å²) in [4.78, 5) is 0. The summed E-state index contributed by atoms with van der Waals surface area (Å²) < 4.78 is 24.8. The van der Waals surface area contributed by atoms with Crippen molar-refractivity contribution >= 4 is 15.9 Å². The third-order valence-electron chi connectivity index (χ3n) is 2.63. The van der Waals surface area contributed by atoms with Crippen molar-refractivity contribution in [3.05, 3.63) is 21.9 Å². The average Bonchev–Trinajstić information content (AvgIpc) is 2.66. The molecule has 1 heterocycles. The van der Waals surface area contributed by atoms with Crippen molar-refractivity contribution in [2.75, 3.05) is 13.4 Å². The predicted molar refractivity (Wildman–Crippen MR) is 60.3 cm³/mol. The van der Waals surface area contributed by atoms with Gasteiger partial charge in [-0.3, -0.25) is 0 Å². The molecule has 1 N–H and O–H groups in total. The fourth-order valence-corrected chi connectivity index (χ4v) is 2.08. The molecule has 0 spiro atoms. The van der Waals surface area contributed by atoms with E-state index < -0.39 is 11.2 Å². The van der Waals surface area contributed by atoms with Gasteiger partial charge in [-0.15, -0.1) is 0 Å². The van der Waals surface area contributed by atoms with Gasteiger partial charge in [0, 0.05) is 17.0 Å². The van der Waals surface area contributed by atoms with E-state index in [4.69, 9.17) is 9.47 Å². The van der Waals surface area contributed by atoms with E-state index in [0.29, 0.717) is 21.5 Å². The first-order chi connectivity index (χ1) is 7.47. The molecule has 0 fully saturated rings. The van der Waals surface area contributed by atoms with Crippen LogP contribution in [0, 0.1) is 5.82 Å². The van der Waals surface area contributed by atoms with Gasteiger partial charge in [0.1, 0.15) is 5.82 Å². The molecule has 1 aliphatic rings. The number of aliphatic hydroxyl groups is 1. The zero-order valence-electron chi connectivity index (χ0n) is 9.01. The van der Waals surface area contributed by atoms with Gasteiger partial charge in [0.2, 0.25) is 6.79 Å². The molecule has 0 unspecified atom stereocenters. The van der Waals surface area contributed by atoms with E-state index in [0.717, 1.165) is 0 Å². The summed E-state index contributed by atoms with van der Waals surface area (Å²) in [5, 5.41) is 9.32. The molecule has 0 aliphatic carbocycles. The van der Waals surface area contributed by atoms with Crippen LogP contribution >= 0.6 is 15.9 Å². The zero-order valence-corrected chi connectivity index (χ0v) is 10.6. The Labute approximate surface area is 101 Å². The molecule has 0 amide bonds. The summed E-state index contributed by atoms with van der Waals surface area (Å²) in [6.45, 7) is 3.41. The summed E-state index contributed by atoms with van der Waals surface area (Å²) in [6, 6.07) is 1.54. The van der Waals surface area contributed by atoms with E-state index in [1.54, 1.807) is 13.8 Å². The number of fused-ring (bicyclic) bond motifs is 1. The third-order valence-corrected chi connectivity index (χ3v) is 3.20. The van der Waals surface area contributed by atoms with E-state index in [-0.39, 0.29) is 13.4 Å². The van der Waals surface area contributed by atoms with Crippen molar-refractivity contribution in [2.45, 2.75) is 19.3 Å². The maximum Gasteiger partial charge on any atom is 0.231 e. The van der Waals surface area contributed by atoms with Crippen LogP contribution in [0.25, 0.3) is 0 Å². The van der Waals surface area contributed by atoms with Crippen LogP contribution in [-0.2, 0) is 5.41 Å². The lowest BCUT2D eigenvalue weighted by Gasteiger charge is -2.24. The summed E-state index contributed by atoms with van der Waals surface area (Å²) in [5.74, 6) is 0.479. The molecule has 0 saturated carbocycles. The molecule has 0 atom stereocenters. The Bertz CT molecular complexity index is 432. The Morgan fingerprint density at radius 1 is 1.50 bits per heavy atom. The maximum absolute atomic E-state index is 14.0.